The molecule has 0 bridgehead atoms. The van der Waals surface area contributed by atoms with Gasteiger partial charge in [0.15, 0.2) is 0 Å². The highest BCUT2D eigenvalue weighted by molar-refractivity contribution is 5.55. The van der Waals surface area contributed by atoms with Crippen LogP contribution >= 0.6 is 0 Å². The van der Waals surface area contributed by atoms with Crippen LogP contribution in [-0.2, 0) is 4.74 Å². The van der Waals surface area contributed by atoms with Gasteiger partial charge >= 0.3 is 0 Å². The van der Waals surface area contributed by atoms with Gasteiger partial charge in [0.1, 0.15) is 0 Å². The third-order valence-corrected chi connectivity index (χ3v) is 2.26. The summed E-state index contributed by atoms with van der Waals surface area (Å²) in [5.74, 6) is 0. The minimum atomic E-state index is -0.387. The van der Waals surface area contributed by atoms with Crippen LogP contribution in [0.15, 0.2) is 18.2 Å². The Kier molecular flexibility index (Phi) is 4.72. The molecule has 1 N–H and O–H groups in total. The second-order valence-electron chi connectivity index (χ2n) is 3.53. The summed E-state index contributed by atoms with van der Waals surface area (Å²) in [6.45, 7) is 3.36. The van der Waals surface area contributed by atoms with Crippen LogP contribution in [0.5, 0.6) is 0 Å². The van der Waals surface area contributed by atoms with E-state index in [2.05, 4.69) is 5.32 Å². The average molecular weight is 224 g/mol. The number of hydrogen-bond acceptors (Lipinski definition) is 4. The van der Waals surface area contributed by atoms with Gasteiger partial charge in [0, 0.05) is 38.1 Å². The first-order valence-electron chi connectivity index (χ1n) is 5.13. The van der Waals surface area contributed by atoms with Gasteiger partial charge in [0.2, 0.25) is 0 Å². The Morgan fingerprint density at radius 1 is 1.50 bits per heavy atom. The fourth-order valence-electron chi connectivity index (χ4n) is 1.40. The summed E-state index contributed by atoms with van der Waals surface area (Å²) in [4.78, 5) is 10.1. The van der Waals surface area contributed by atoms with E-state index in [9.17, 15) is 10.1 Å². The zero-order valence-electron chi connectivity index (χ0n) is 9.53. The molecule has 0 aliphatic carbocycles. The summed E-state index contributed by atoms with van der Waals surface area (Å²) in [6.07, 6.45) is 0.910. The summed E-state index contributed by atoms with van der Waals surface area (Å²) < 4.78 is 4.93. The standard InChI is InChI=1S/C11H16N2O3/c1-9-8-10(13(14)15)4-5-11(9)12-6-3-7-16-2/h4-5,8,12H,3,6-7H2,1-2H3. The Balaban J connectivity index is 2.57. The molecule has 5 heteroatoms. The molecule has 1 aromatic carbocycles. The molecule has 0 spiro atoms. The Hall–Kier alpha value is -1.62. The second-order valence-corrected chi connectivity index (χ2v) is 3.53. The number of nitrogens with one attached hydrogen (secondary N) is 1. The number of ether oxygens (including phenoxy) is 1. The van der Waals surface area contributed by atoms with E-state index in [-0.39, 0.29) is 10.6 Å². The highest BCUT2D eigenvalue weighted by Crippen LogP contribution is 2.20. The average Bonchev–Trinajstić information content (AvgIpc) is 2.26. The smallest absolute Gasteiger partial charge is 0.269 e. The fourth-order valence-corrected chi connectivity index (χ4v) is 1.40. The van der Waals surface area contributed by atoms with Gasteiger partial charge in [-0.2, -0.15) is 0 Å². The van der Waals surface area contributed by atoms with Crippen molar-refractivity contribution in [2.24, 2.45) is 0 Å². The summed E-state index contributed by atoms with van der Waals surface area (Å²) in [6, 6.07) is 4.81. The Labute approximate surface area is 94.6 Å². The van der Waals surface area contributed by atoms with Crippen molar-refractivity contribution >= 4 is 11.4 Å². The van der Waals surface area contributed by atoms with Crippen LogP contribution in [0.1, 0.15) is 12.0 Å². The van der Waals surface area contributed by atoms with Crippen LogP contribution in [0.3, 0.4) is 0 Å². The molecule has 0 aliphatic rings. The normalized spacial score (nSPS) is 10.1. The van der Waals surface area contributed by atoms with E-state index in [1.165, 1.54) is 6.07 Å². The van der Waals surface area contributed by atoms with E-state index in [0.717, 1.165) is 24.2 Å². The van der Waals surface area contributed by atoms with Crippen LogP contribution < -0.4 is 5.32 Å². The lowest BCUT2D eigenvalue weighted by Gasteiger charge is -2.08. The number of aryl methyl sites for hydroxylation is 1. The third kappa shape index (κ3) is 3.51. The summed E-state index contributed by atoms with van der Waals surface area (Å²) in [7, 11) is 1.66. The SMILES string of the molecule is COCCCNc1ccc([N+](=O)[O-])cc1C. The van der Waals surface area contributed by atoms with Gasteiger partial charge < -0.3 is 10.1 Å². The van der Waals surface area contributed by atoms with Crippen molar-refractivity contribution in [3.05, 3.63) is 33.9 Å². The van der Waals surface area contributed by atoms with Crippen molar-refractivity contribution in [1.82, 2.24) is 0 Å². The lowest BCUT2D eigenvalue weighted by Crippen LogP contribution is -2.05. The maximum atomic E-state index is 10.5. The summed E-state index contributed by atoms with van der Waals surface area (Å²) >= 11 is 0. The van der Waals surface area contributed by atoms with Crippen molar-refractivity contribution in [2.45, 2.75) is 13.3 Å². The fraction of sp³-hybridized carbons (Fsp3) is 0.455. The lowest BCUT2D eigenvalue weighted by molar-refractivity contribution is -0.384. The number of hydrogen-bond donors (Lipinski definition) is 1. The number of nitrogens with zero attached hydrogens (tertiary/aromatic N) is 1. The second kappa shape index (κ2) is 6.07. The first kappa shape index (κ1) is 12.4. The summed E-state index contributed by atoms with van der Waals surface area (Å²) in [5, 5.41) is 13.7. The molecule has 0 amide bonds. The number of non-ortho nitro benzene ring substituents is 1. The number of nitro benzene ring substituents is 1. The number of anilines is 1. The number of rotatable bonds is 6. The van der Waals surface area contributed by atoms with Gasteiger partial charge in [-0.3, -0.25) is 10.1 Å². The highest BCUT2D eigenvalue weighted by atomic mass is 16.6. The molecule has 0 aliphatic heterocycles. The maximum Gasteiger partial charge on any atom is 0.269 e. The molecule has 5 nitrogen and oxygen atoms in total. The minimum absolute atomic E-state index is 0.125. The number of benzene rings is 1. The first-order chi connectivity index (χ1) is 7.65. The molecule has 0 radical (unpaired) electrons. The highest BCUT2D eigenvalue weighted by Gasteiger charge is 2.07. The zero-order valence-corrected chi connectivity index (χ0v) is 9.53. The molecular weight excluding hydrogens is 208 g/mol. The number of nitro groups is 1. The van der Waals surface area contributed by atoms with Crippen molar-refractivity contribution < 1.29 is 9.66 Å². The quantitative estimate of drug-likeness (QED) is 0.457. The Morgan fingerprint density at radius 3 is 2.81 bits per heavy atom. The molecule has 0 aromatic heterocycles. The monoisotopic (exact) mass is 224 g/mol. The molecule has 16 heavy (non-hydrogen) atoms. The molecule has 0 saturated carbocycles. The van der Waals surface area contributed by atoms with E-state index in [1.54, 1.807) is 19.2 Å². The van der Waals surface area contributed by atoms with Crippen molar-refractivity contribution in [3.8, 4) is 0 Å². The van der Waals surface area contributed by atoms with Crippen LogP contribution in [0.25, 0.3) is 0 Å². The van der Waals surface area contributed by atoms with Gasteiger partial charge in [0.05, 0.1) is 4.92 Å². The number of methoxy groups -OCH3 is 1. The van der Waals surface area contributed by atoms with Crippen molar-refractivity contribution in [1.29, 1.82) is 0 Å². The lowest BCUT2D eigenvalue weighted by atomic mass is 10.2. The molecule has 0 atom stereocenters. The van der Waals surface area contributed by atoms with E-state index >= 15 is 0 Å². The largest absolute Gasteiger partial charge is 0.385 e. The topological polar surface area (TPSA) is 64.4 Å². The molecule has 1 rings (SSSR count). The molecule has 88 valence electrons. The molecule has 1 aromatic rings. The molecule has 0 saturated heterocycles. The molecule has 0 unspecified atom stereocenters. The predicted octanol–water partition coefficient (Wildman–Crippen LogP) is 2.35. The first-order valence-corrected chi connectivity index (χ1v) is 5.13. The Bertz CT molecular complexity index is 366. The van der Waals surface area contributed by atoms with Crippen LogP contribution in [0.4, 0.5) is 11.4 Å². The molecule has 0 heterocycles. The predicted molar refractivity (Wildman–Crippen MR) is 62.8 cm³/mol. The molecular formula is C11H16N2O3. The third-order valence-electron chi connectivity index (χ3n) is 2.26. The van der Waals surface area contributed by atoms with E-state index in [1.807, 2.05) is 6.92 Å². The van der Waals surface area contributed by atoms with Gasteiger partial charge in [-0.15, -0.1) is 0 Å². The van der Waals surface area contributed by atoms with E-state index in [0.29, 0.717) is 6.61 Å². The maximum absolute atomic E-state index is 10.5. The van der Waals surface area contributed by atoms with Crippen LogP contribution in [-0.4, -0.2) is 25.2 Å². The van der Waals surface area contributed by atoms with E-state index in [4.69, 9.17) is 4.74 Å². The minimum Gasteiger partial charge on any atom is -0.385 e. The van der Waals surface area contributed by atoms with Crippen molar-refractivity contribution in [3.63, 3.8) is 0 Å². The Morgan fingerprint density at radius 2 is 2.25 bits per heavy atom. The van der Waals surface area contributed by atoms with Crippen LogP contribution in [0.2, 0.25) is 0 Å². The zero-order chi connectivity index (χ0) is 12.0. The van der Waals surface area contributed by atoms with Gasteiger partial charge in [-0.25, -0.2) is 0 Å². The molecule has 0 fully saturated rings. The van der Waals surface area contributed by atoms with E-state index < -0.39 is 0 Å². The van der Waals surface area contributed by atoms with Gasteiger partial charge in [-0.05, 0) is 25.0 Å². The van der Waals surface area contributed by atoms with Gasteiger partial charge in [-0.1, -0.05) is 0 Å². The van der Waals surface area contributed by atoms with Crippen molar-refractivity contribution in [2.75, 3.05) is 25.6 Å². The van der Waals surface area contributed by atoms with Gasteiger partial charge in [0.25, 0.3) is 5.69 Å². The van der Waals surface area contributed by atoms with Crippen LogP contribution in [0, 0.1) is 17.0 Å². The summed E-state index contributed by atoms with van der Waals surface area (Å²) in [5.41, 5.74) is 1.94.